The number of ether oxygens (including phenoxy) is 2. The first-order valence-corrected chi connectivity index (χ1v) is 14.8. The Balaban J connectivity index is 1.35. The standard InChI is InChI=1S/C28H31FN6O4S/c1-18(20-6-4-3-5-7-20)32-28-30-13-12-23(33-28)27-26(21-8-10-22(29)11-9-21)34-24(35-27)14-25-38-16-19(17-39-25)15-31-40(2,36)37/h3-13,18-19,25,31H,14-17H2,1-2H3,(H,34,35)(H,30,32,33). The molecule has 1 aliphatic heterocycles. The van der Waals surface area contributed by atoms with E-state index >= 15 is 0 Å². The van der Waals surface area contributed by atoms with Crippen molar-refractivity contribution in [1.29, 1.82) is 0 Å². The van der Waals surface area contributed by atoms with Crippen LogP contribution < -0.4 is 10.0 Å². The first kappa shape index (κ1) is 27.8. The molecule has 5 rings (SSSR count). The van der Waals surface area contributed by atoms with Gasteiger partial charge in [0, 0.05) is 24.2 Å². The first-order chi connectivity index (χ1) is 19.2. The van der Waals surface area contributed by atoms with Crippen LogP contribution in [0.15, 0.2) is 66.9 Å². The van der Waals surface area contributed by atoms with Gasteiger partial charge in [-0.3, -0.25) is 0 Å². The van der Waals surface area contributed by atoms with Gasteiger partial charge in [-0.1, -0.05) is 30.3 Å². The quantitative estimate of drug-likeness (QED) is 0.263. The van der Waals surface area contributed by atoms with Crippen molar-refractivity contribution in [3.63, 3.8) is 0 Å². The van der Waals surface area contributed by atoms with Crippen molar-refractivity contribution in [2.75, 3.05) is 31.3 Å². The molecule has 40 heavy (non-hydrogen) atoms. The Labute approximate surface area is 232 Å². The Kier molecular flexibility index (Phi) is 8.50. The summed E-state index contributed by atoms with van der Waals surface area (Å²) in [6, 6.07) is 17.9. The van der Waals surface area contributed by atoms with Crippen molar-refractivity contribution in [2.45, 2.75) is 25.7 Å². The fourth-order valence-electron chi connectivity index (χ4n) is 4.35. The average Bonchev–Trinajstić information content (AvgIpc) is 3.37. The molecule has 1 unspecified atom stereocenters. The van der Waals surface area contributed by atoms with Crippen molar-refractivity contribution in [3.8, 4) is 22.6 Å². The lowest BCUT2D eigenvalue weighted by atomic mass is 10.1. The maximum Gasteiger partial charge on any atom is 0.223 e. The second-order valence-electron chi connectivity index (χ2n) is 9.74. The van der Waals surface area contributed by atoms with Crippen LogP contribution in [0, 0.1) is 11.7 Å². The van der Waals surface area contributed by atoms with E-state index in [4.69, 9.17) is 19.4 Å². The molecule has 210 valence electrons. The third-order valence-electron chi connectivity index (χ3n) is 6.46. The summed E-state index contributed by atoms with van der Waals surface area (Å²) < 4.78 is 50.6. The molecule has 0 amide bonds. The van der Waals surface area contributed by atoms with Gasteiger partial charge in [0.05, 0.1) is 49.0 Å². The van der Waals surface area contributed by atoms with Crippen LogP contribution in [0.4, 0.5) is 10.3 Å². The van der Waals surface area contributed by atoms with Gasteiger partial charge in [-0.2, -0.15) is 0 Å². The van der Waals surface area contributed by atoms with E-state index in [-0.39, 0.29) is 24.3 Å². The molecule has 0 spiro atoms. The molecule has 2 aromatic carbocycles. The molecule has 0 radical (unpaired) electrons. The summed E-state index contributed by atoms with van der Waals surface area (Å²) in [5.74, 6) is 0.645. The lowest BCUT2D eigenvalue weighted by Gasteiger charge is -2.28. The fourth-order valence-corrected chi connectivity index (χ4v) is 4.89. The Morgan fingerprint density at radius 1 is 1.05 bits per heavy atom. The zero-order chi connectivity index (χ0) is 28.1. The number of hydrogen-bond donors (Lipinski definition) is 3. The number of anilines is 1. The molecular formula is C28H31FN6O4S. The van der Waals surface area contributed by atoms with Gasteiger partial charge in [-0.25, -0.2) is 32.5 Å². The minimum atomic E-state index is -3.28. The van der Waals surface area contributed by atoms with Crippen LogP contribution in [-0.2, 0) is 25.9 Å². The Hall–Kier alpha value is -3.71. The number of aromatic nitrogens is 4. The van der Waals surface area contributed by atoms with E-state index < -0.39 is 16.3 Å². The number of halogens is 1. The zero-order valence-corrected chi connectivity index (χ0v) is 23.0. The van der Waals surface area contributed by atoms with Gasteiger partial charge in [0.15, 0.2) is 6.29 Å². The zero-order valence-electron chi connectivity index (χ0n) is 22.2. The lowest BCUT2D eigenvalue weighted by molar-refractivity contribution is -0.198. The predicted molar refractivity (Wildman–Crippen MR) is 149 cm³/mol. The smallest absolute Gasteiger partial charge is 0.223 e. The number of benzene rings is 2. The highest BCUT2D eigenvalue weighted by atomic mass is 32.2. The molecule has 0 saturated carbocycles. The van der Waals surface area contributed by atoms with Crippen molar-refractivity contribution >= 4 is 16.0 Å². The number of nitrogens with one attached hydrogen (secondary N) is 3. The molecule has 1 aliphatic rings. The van der Waals surface area contributed by atoms with Gasteiger partial charge < -0.3 is 19.8 Å². The first-order valence-electron chi connectivity index (χ1n) is 12.9. The highest BCUT2D eigenvalue weighted by Crippen LogP contribution is 2.31. The number of H-pyrrole nitrogens is 1. The molecule has 2 aromatic heterocycles. The second-order valence-corrected chi connectivity index (χ2v) is 11.6. The Morgan fingerprint density at radius 3 is 2.48 bits per heavy atom. The molecule has 3 heterocycles. The molecule has 10 nitrogen and oxygen atoms in total. The van der Waals surface area contributed by atoms with Gasteiger partial charge in [0.25, 0.3) is 0 Å². The van der Waals surface area contributed by atoms with Crippen molar-refractivity contribution < 1.29 is 22.3 Å². The lowest BCUT2D eigenvalue weighted by Crippen LogP contribution is -2.39. The van der Waals surface area contributed by atoms with Crippen LogP contribution in [0.5, 0.6) is 0 Å². The maximum atomic E-state index is 13.7. The van der Waals surface area contributed by atoms with Gasteiger partial charge in [-0.15, -0.1) is 0 Å². The summed E-state index contributed by atoms with van der Waals surface area (Å²) in [6.45, 7) is 2.99. The summed E-state index contributed by atoms with van der Waals surface area (Å²) in [6.07, 6.45) is 2.58. The van der Waals surface area contributed by atoms with Crippen LogP contribution in [0.1, 0.15) is 24.4 Å². The normalized spacial score (nSPS) is 18.4. The summed E-state index contributed by atoms with van der Waals surface area (Å²) in [5.41, 5.74) is 3.72. The molecule has 12 heteroatoms. The predicted octanol–water partition coefficient (Wildman–Crippen LogP) is 3.93. The van der Waals surface area contributed by atoms with Crippen LogP contribution in [0.3, 0.4) is 0 Å². The van der Waals surface area contributed by atoms with Crippen molar-refractivity contribution in [1.82, 2.24) is 24.7 Å². The molecule has 1 atom stereocenters. The minimum absolute atomic E-state index is 0.0117. The number of hydrogen-bond acceptors (Lipinski definition) is 8. The third kappa shape index (κ3) is 7.27. The highest BCUT2D eigenvalue weighted by Gasteiger charge is 2.25. The third-order valence-corrected chi connectivity index (χ3v) is 7.15. The van der Waals surface area contributed by atoms with Crippen LogP contribution in [-0.4, -0.2) is 60.7 Å². The second kappa shape index (κ2) is 12.2. The van der Waals surface area contributed by atoms with Gasteiger partial charge >= 0.3 is 0 Å². The molecule has 4 aromatic rings. The number of aromatic amines is 1. The van der Waals surface area contributed by atoms with Gasteiger partial charge in [0.2, 0.25) is 16.0 Å². The SMILES string of the molecule is CC(Nc1nccc(-c2[nH]c(CC3OCC(CNS(C)(=O)=O)CO3)nc2-c2ccc(F)cc2)n1)c1ccccc1. The number of sulfonamides is 1. The average molecular weight is 567 g/mol. The van der Waals surface area contributed by atoms with E-state index in [1.807, 2.05) is 37.3 Å². The van der Waals surface area contributed by atoms with Gasteiger partial charge in [0.1, 0.15) is 11.6 Å². The summed E-state index contributed by atoms with van der Waals surface area (Å²) in [5, 5.41) is 3.34. The van der Waals surface area contributed by atoms with Crippen LogP contribution in [0.2, 0.25) is 0 Å². The molecule has 1 fully saturated rings. The number of nitrogens with zero attached hydrogens (tertiary/aromatic N) is 3. The minimum Gasteiger partial charge on any atom is -0.352 e. The number of rotatable bonds is 10. The van der Waals surface area contributed by atoms with Gasteiger partial charge in [-0.05, 0) is 42.8 Å². The van der Waals surface area contributed by atoms with E-state index in [9.17, 15) is 12.8 Å². The fraction of sp³-hybridized carbons (Fsp3) is 0.321. The van der Waals surface area contributed by atoms with E-state index in [1.54, 1.807) is 24.4 Å². The highest BCUT2D eigenvalue weighted by molar-refractivity contribution is 7.88. The number of imidazole rings is 1. The van der Waals surface area contributed by atoms with E-state index in [1.165, 1.54) is 12.1 Å². The summed E-state index contributed by atoms with van der Waals surface area (Å²) >= 11 is 0. The Bertz CT molecular complexity index is 1520. The summed E-state index contributed by atoms with van der Waals surface area (Å²) in [4.78, 5) is 17.3. The Morgan fingerprint density at radius 2 is 1.77 bits per heavy atom. The molecular weight excluding hydrogens is 535 g/mol. The molecule has 3 N–H and O–H groups in total. The van der Waals surface area contributed by atoms with Crippen LogP contribution in [0.25, 0.3) is 22.6 Å². The molecule has 1 saturated heterocycles. The summed E-state index contributed by atoms with van der Waals surface area (Å²) in [7, 11) is -3.28. The van der Waals surface area contributed by atoms with Crippen molar-refractivity contribution in [2.24, 2.45) is 5.92 Å². The topological polar surface area (TPSA) is 131 Å². The van der Waals surface area contributed by atoms with Crippen LogP contribution >= 0.6 is 0 Å². The largest absolute Gasteiger partial charge is 0.352 e. The maximum absolute atomic E-state index is 13.7. The monoisotopic (exact) mass is 566 g/mol. The van der Waals surface area contributed by atoms with E-state index in [0.717, 1.165) is 17.4 Å². The van der Waals surface area contributed by atoms with E-state index in [2.05, 4.69) is 20.0 Å². The van der Waals surface area contributed by atoms with E-state index in [0.29, 0.717) is 48.5 Å². The molecule has 0 bridgehead atoms. The van der Waals surface area contributed by atoms with Crippen molar-refractivity contribution in [3.05, 3.63) is 84.1 Å². The molecule has 0 aliphatic carbocycles.